The molecule has 9 atom stereocenters. The third kappa shape index (κ3) is 3.98. The summed E-state index contributed by atoms with van der Waals surface area (Å²) in [5.74, 6) is 0.0603. The van der Waals surface area contributed by atoms with Crippen LogP contribution in [0.2, 0.25) is 0 Å². The summed E-state index contributed by atoms with van der Waals surface area (Å²) < 4.78 is 0. The van der Waals surface area contributed by atoms with Gasteiger partial charge in [0, 0.05) is 19.0 Å². The molecule has 6 nitrogen and oxygen atoms in total. The van der Waals surface area contributed by atoms with Crippen molar-refractivity contribution in [3.05, 3.63) is 11.6 Å². The Bertz CT molecular complexity index is 1010. The van der Waals surface area contributed by atoms with Crippen molar-refractivity contribution in [2.45, 2.75) is 112 Å². The number of aliphatic carboxylic acids is 1. The molecule has 38 heavy (non-hydrogen) atoms. The van der Waals surface area contributed by atoms with Crippen molar-refractivity contribution in [2.75, 3.05) is 13.1 Å². The minimum absolute atomic E-state index is 0.0296. The smallest absolute Gasteiger partial charge is 0.309 e. The van der Waals surface area contributed by atoms with Crippen LogP contribution in [-0.4, -0.2) is 41.2 Å². The summed E-state index contributed by atoms with van der Waals surface area (Å²) in [4.78, 5) is 26.4. The van der Waals surface area contributed by atoms with Crippen molar-refractivity contribution in [3.8, 4) is 0 Å². The van der Waals surface area contributed by atoms with Gasteiger partial charge in [0.1, 0.15) is 0 Å². The molecule has 4 fully saturated rings. The van der Waals surface area contributed by atoms with E-state index < -0.39 is 11.4 Å². The van der Waals surface area contributed by atoms with Crippen molar-refractivity contribution in [3.63, 3.8) is 0 Å². The van der Waals surface area contributed by atoms with Crippen LogP contribution in [0.5, 0.6) is 0 Å². The lowest BCUT2D eigenvalue weighted by atomic mass is 9.33. The standard InChI is InChI=1S/C30H46O4.C2H8N2/c1-25(2)21-8-11-30(7)23(28(21,5)10-9-22(25)32)20(31)16-18-19-17-27(4,24(33)34)13-12-26(19,3)14-15-29(18,30)6;3-1-2-4/h16,19,21-23,32H,8-15,17H2,1-7H3,(H,33,34);1-4H2/t19-,21-,22-,23+,26+,27-,28-,29+,30+;/m0./s1. The fourth-order valence-electron chi connectivity index (χ4n) is 10.4. The highest BCUT2D eigenvalue weighted by Crippen LogP contribution is 2.75. The molecule has 5 aliphatic carbocycles. The molecule has 0 aromatic rings. The predicted molar refractivity (Wildman–Crippen MR) is 151 cm³/mol. The highest BCUT2D eigenvalue weighted by molar-refractivity contribution is 5.95. The molecule has 0 aliphatic heterocycles. The molecule has 0 spiro atoms. The Balaban J connectivity index is 0.000000786. The van der Waals surface area contributed by atoms with Gasteiger partial charge in [0.15, 0.2) is 5.78 Å². The summed E-state index contributed by atoms with van der Waals surface area (Å²) in [6.07, 6.45) is 9.95. The van der Waals surface area contributed by atoms with Crippen molar-refractivity contribution >= 4 is 11.8 Å². The van der Waals surface area contributed by atoms with Crippen LogP contribution in [0.1, 0.15) is 106 Å². The van der Waals surface area contributed by atoms with E-state index in [4.69, 9.17) is 11.5 Å². The summed E-state index contributed by atoms with van der Waals surface area (Å²) in [6, 6.07) is 0. The number of rotatable bonds is 2. The van der Waals surface area contributed by atoms with Gasteiger partial charge in [-0.05, 0) is 110 Å². The van der Waals surface area contributed by atoms with E-state index in [1.165, 1.54) is 5.57 Å². The normalized spacial score (nSPS) is 49.2. The number of hydrogen-bond acceptors (Lipinski definition) is 5. The minimum Gasteiger partial charge on any atom is -0.481 e. The van der Waals surface area contributed by atoms with Gasteiger partial charge in [-0.2, -0.15) is 0 Å². The summed E-state index contributed by atoms with van der Waals surface area (Å²) in [7, 11) is 0. The van der Waals surface area contributed by atoms with E-state index in [0.717, 1.165) is 51.4 Å². The molecule has 0 bridgehead atoms. The number of ketones is 1. The van der Waals surface area contributed by atoms with Gasteiger partial charge < -0.3 is 21.7 Å². The second-order valence-corrected chi connectivity index (χ2v) is 15.5. The fraction of sp³-hybridized carbons (Fsp3) is 0.875. The zero-order chi connectivity index (χ0) is 28.5. The monoisotopic (exact) mass is 530 g/mol. The van der Waals surface area contributed by atoms with Gasteiger partial charge in [0.05, 0.1) is 11.5 Å². The molecule has 6 heteroatoms. The van der Waals surface area contributed by atoms with Crippen LogP contribution in [0, 0.1) is 50.2 Å². The zero-order valence-corrected chi connectivity index (χ0v) is 25.0. The number of carbonyl (C=O) groups is 2. The summed E-state index contributed by atoms with van der Waals surface area (Å²) >= 11 is 0. The van der Waals surface area contributed by atoms with E-state index in [1.807, 2.05) is 13.0 Å². The molecule has 6 N–H and O–H groups in total. The largest absolute Gasteiger partial charge is 0.481 e. The van der Waals surface area contributed by atoms with E-state index in [-0.39, 0.29) is 50.8 Å². The number of fused-ring (bicyclic) bond motifs is 7. The first-order valence-electron chi connectivity index (χ1n) is 15.0. The summed E-state index contributed by atoms with van der Waals surface area (Å²) in [6.45, 7) is 17.0. The molecule has 5 aliphatic rings. The maximum atomic E-state index is 14.2. The molecule has 0 radical (unpaired) electrons. The van der Waals surface area contributed by atoms with Crippen molar-refractivity contribution < 1.29 is 19.8 Å². The predicted octanol–water partition coefficient (Wildman–Crippen LogP) is 5.32. The van der Waals surface area contributed by atoms with Crippen LogP contribution >= 0.6 is 0 Å². The van der Waals surface area contributed by atoms with Crippen LogP contribution in [-0.2, 0) is 9.59 Å². The minimum atomic E-state index is -0.711. The molecule has 5 rings (SSSR count). The van der Waals surface area contributed by atoms with Gasteiger partial charge in [-0.1, -0.05) is 47.1 Å². The number of nitrogens with two attached hydrogens (primary N) is 2. The molecule has 216 valence electrons. The molecule has 0 saturated heterocycles. The lowest BCUT2D eigenvalue weighted by Crippen LogP contribution is -2.66. The highest BCUT2D eigenvalue weighted by Gasteiger charge is 2.70. The number of allylic oxidation sites excluding steroid dienone is 2. The van der Waals surface area contributed by atoms with E-state index in [0.29, 0.717) is 25.4 Å². The molecule has 0 unspecified atom stereocenters. The van der Waals surface area contributed by atoms with Crippen molar-refractivity contribution in [1.29, 1.82) is 0 Å². The van der Waals surface area contributed by atoms with Crippen molar-refractivity contribution in [2.24, 2.45) is 61.7 Å². The van der Waals surface area contributed by atoms with Crippen LogP contribution < -0.4 is 11.5 Å². The molecular formula is C32H54N2O4. The number of carboxylic acid groups (broad SMARTS) is 1. The maximum Gasteiger partial charge on any atom is 0.309 e. The maximum absolute atomic E-state index is 14.2. The van der Waals surface area contributed by atoms with Crippen molar-refractivity contribution in [1.82, 2.24) is 0 Å². The highest BCUT2D eigenvalue weighted by atomic mass is 16.4. The van der Waals surface area contributed by atoms with Crippen LogP contribution in [0.3, 0.4) is 0 Å². The van der Waals surface area contributed by atoms with Gasteiger partial charge >= 0.3 is 5.97 Å². The van der Waals surface area contributed by atoms with Gasteiger partial charge in [-0.3, -0.25) is 9.59 Å². The van der Waals surface area contributed by atoms with Gasteiger partial charge in [0.25, 0.3) is 0 Å². The lowest BCUT2D eigenvalue weighted by Gasteiger charge is -2.70. The molecule has 0 heterocycles. The Morgan fingerprint density at radius 3 is 2.11 bits per heavy atom. The third-order valence-electron chi connectivity index (χ3n) is 13.2. The quantitative estimate of drug-likeness (QED) is 0.383. The number of carboxylic acids is 1. The first-order valence-corrected chi connectivity index (χ1v) is 15.0. The SMILES string of the molecule is CC1(C)[C@@H](O)CC[C@]2(C)[C@H]3C(=O)C=C4[C@@H]5C[C@@](C)(C(=O)O)CC[C@]5(C)CC[C@@]4(C)[C@]3(C)CC[C@@H]12.NCCN. The Morgan fingerprint density at radius 1 is 0.921 bits per heavy atom. The van der Waals surface area contributed by atoms with E-state index in [9.17, 15) is 19.8 Å². The van der Waals surface area contributed by atoms with E-state index >= 15 is 0 Å². The summed E-state index contributed by atoms with van der Waals surface area (Å²) in [5.41, 5.74) is 9.95. The zero-order valence-electron chi connectivity index (χ0n) is 25.0. The van der Waals surface area contributed by atoms with E-state index in [2.05, 4.69) is 41.5 Å². The Kier molecular flexibility index (Phi) is 7.36. The fourth-order valence-corrected chi connectivity index (χ4v) is 10.4. The Labute approximate surface area is 230 Å². The molecule has 0 aromatic carbocycles. The van der Waals surface area contributed by atoms with Crippen LogP contribution in [0.25, 0.3) is 0 Å². The van der Waals surface area contributed by atoms with Gasteiger partial charge in [-0.25, -0.2) is 0 Å². The van der Waals surface area contributed by atoms with Gasteiger partial charge in [-0.15, -0.1) is 0 Å². The number of aliphatic hydroxyl groups is 1. The Hall–Kier alpha value is -1.24. The molecule has 0 aromatic heterocycles. The number of aliphatic hydroxyl groups excluding tert-OH is 1. The van der Waals surface area contributed by atoms with Gasteiger partial charge in [0.2, 0.25) is 0 Å². The first-order chi connectivity index (χ1) is 17.5. The summed E-state index contributed by atoms with van der Waals surface area (Å²) in [5, 5.41) is 20.9. The Morgan fingerprint density at radius 2 is 1.53 bits per heavy atom. The second kappa shape index (κ2) is 9.41. The molecule has 0 amide bonds. The van der Waals surface area contributed by atoms with Crippen LogP contribution in [0.15, 0.2) is 11.6 Å². The number of carbonyl (C=O) groups excluding carboxylic acids is 1. The van der Waals surface area contributed by atoms with Crippen LogP contribution in [0.4, 0.5) is 0 Å². The lowest BCUT2D eigenvalue weighted by molar-refractivity contribution is -0.202. The first kappa shape index (κ1) is 29.7. The molecule has 4 saturated carbocycles. The average Bonchev–Trinajstić information content (AvgIpc) is 2.84. The topological polar surface area (TPSA) is 127 Å². The average molecular weight is 531 g/mol. The third-order valence-corrected chi connectivity index (χ3v) is 13.2. The second-order valence-electron chi connectivity index (χ2n) is 15.5. The number of hydrogen-bond donors (Lipinski definition) is 4. The van der Waals surface area contributed by atoms with E-state index in [1.54, 1.807) is 0 Å². The molecular weight excluding hydrogens is 476 g/mol.